The third-order valence-corrected chi connectivity index (χ3v) is 4.49. The van der Waals surface area contributed by atoms with Crippen LogP contribution in [-0.4, -0.2) is 49.2 Å². The number of nitrogens with one attached hydrogen (secondary N) is 1. The first-order valence-electron chi connectivity index (χ1n) is 10.8. The fraction of sp³-hybridized carbons (Fsp3) is 0.440. The van der Waals surface area contributed by atoms with Crippen LogP contribution in [0, 0.1) is 0 Å². The number of carbonyl (C=O) groups excluding carboxylic acids is 2. The van der Waals surface area contributed by atoms with Gasteiger partial charge in [0.2, 0.25) is 0 Å². The van der Waals surface area contributed by atoms with Crippen molar-refractivity contribution in [3.63, 3.8) is 0 Å². The monoisotopic (exact) mass is 428 g/mol. The van der Waals surface area contributed by atoms with E-state index in [0.717, 1.165) is 36.7 Å². The van der Waals surface area contributed by atoms with Crippen molar-refractivity contribution in [2.45, 2.75) is 45.1 Å². The lowest BCUT2D eigenvalue weighted by atomic mass is 10.1. The van der Waals surface area contributed by atoms with Crippen molar-refractivity contribution in [3.8, 4) is 5.75 Å². The second-order valence-corrected chi connectivity index (χ2v) is 8.60. The molecule has 170 valence electrons. The Kier molecular flexibility index (Phi) is 12.0. The highest BCUT2D eigenvalue weighted by atomic mass is 16.4. The molecule has 0 atom stereocenters. The van der Waals surface area contributed by atoms with Crippen LogP contribution < -0.4 is 10.4 Å². The zero-order chi connectivity index (χ0) is 23.1. The van der Waals surface area contributed by atoms with Gasteiger partial charge in [0.15, 0.2) is 0 Å². The van der Waals surface area contributed by atoms with Crippen molar-refractivity contribution >= 4 is 11.9 Å². The topological polar surface area (TPSA) is 89.5 Å². The van der Waals surface area contributed by atoms with Crippen LogP contribution in [0.15, 0.2) is 54.6 Å². The van der Waals surface area contributed by atoms with Crippen molar-refractivity contribution in [3.05, 3.63) is 65.7 Å². The molecule has 0 radical (unpaired) electrons. The van der Waals surface area contributed by atoms with Gasteiger partial charge in [0, 0.05) is 18.1 Å². The van der Waals surface area contributed by atoms with E-state index in [4.69, 9.17) is 0 Å². The molecule has 2 aromatic rings. The molecule has 0 heterocycles. The average Bonchev–Trinajstić information content (AvgIpc) is 2.70. The molecule has 0 aromatic heterocycles. The van der Waals surface area contributed by atoms with Gasteiger partial charge in [-0.1, -0.05) is 61.7 Å². The zero-order valence-electron chi connectivity index (χ0n) is 19.0. The number of aliphatic carboxylic acids is 1. The van der Waals surface area contributed by atoms with Gasteiger partial charge >= 0.3 is 0 Å². The smallest absolute Gasteiger partial charge is 0.255 e. The standard InChI is InChI=1S/C15H21NO4.C10H16N/c17-13-9-6-5-8-12(13)15(20)16-11-7-3-1-2-4-10-14(18)19;1-11(2,3)9-10-7-5-4-6-8-10/h5-6,8-9,17H,1-4,7,10-11H2,(H,16,20)(H,18,19);4-8H,9H2,1-3H3/q;+1/p-1. The Hall–Kier alpha value is -2.86. The summed E-state index contributed by atoms with van der Waals surface area (Å²) in [6.07, 6.45) is 4.34. The largest absolute Gasteiger partial charge is 0.550 e. The van der Waals surface area contributed by atoms with E-state index in [1.165, 1.54) is 11.6 Å². The Morgan fingerprint density at radius 1 is 0.871 bits per heavy atom. The number of para-hydroxylation sites is 1. The lowest BCUT2D eigenvalue weighted by Crippen LogP contribution is -2.33. The summed E-state index contributed by atoms with van der Waals surface area (Å²) in [5.74, 6) is -1.30. The molecule has 2 rings (SSSR count). The summed E-state index contributed by atoms with van der Waals surface area (Å²) in [5.41, 5.74) is 1.68. The molecule has 0 fully saturated rings. The van der Waals surface area contributed by atoms with E-state index in [-0.39, 0.29) is 23.6 Å². The van der Waals surface area contributed by atoms with Gasteiger partial charge in [-0.05, 0) is 31.4 Å². The van der Waals surface area contributed by atoms with Crippen LogP contribution in [0.1, 0.15) is 54.4 Å². The van der Waals surface area contributed by atoms with Crippen molar-refractivity contribution in [1.82, 2.24) is 5.32 Å². The van der Waals surface area contributed by atoms with E-state index < -0.39 is 5.97 Å². The minimum absolute atomic E-state index is 0.0210. The maximum atomic E-state index is 11.7. The number of amides is 1. The van der Waals surface area contributed by atoms with E-state index in [1.54, 1.807) is 18.2 Å². The van der Waals surface area contributed by atoms with Crippen molar-refractivity contribution in [1.29, 1.82) is 0 Å². The van der Waals surface area contributed by atoms with Gasteiger partial charge in [0.1, 0.15) is 12.3 Å². The highest BCUT2D eigenvalue weighted by Gasteiger charge is 2.08. The maximum absolute atomic E-state index is 11.7. The third kappa shape index (κ3) is 13.1. The molecule has 0 aliphatic rings. The SMILES string of the molecule is C[N+](C)(C)Cc1ccccc1.O=C([O-])CCCCCCCNC(=O)c1ccccc1O. The number of carboxylic acid groups (broad SMARTS) is 1. The Morgan fingerprint density at radius 2 is 1.45 bits per heavy atom. The van der Waals surface area contributed by atoms with E-state index in [2.05, 4.69) is 56.8 Å². The number of unbranched alkanes of at least 4 members (excludes halogenated alkanes) is 4. The summed E-state index contributed by atoms with van der Waals surface area (Å²) in [5, 5.41) is 22.5. The molecule has 0 saturated heterocycles. The molecule has 2 aromatic carbocycles. The van der Waals surface area contributed by atoms with Gasteiger partial charge < -0.3 is 24.8 Å². The van der Waals surface area contributed by atoms with E-state index >= 15 is 0 Å². The number of rotatable bonds is 11. The zero-order valence-corrected chi connectivity index (χ0v) is 19.0. The average molecular weight is 429 g/mol. The van der Waals surface area contributed by atoms with Crippen molar-refractivity contribution in [2.24, 2.45) is 0 Å². The van der Waals surface area contributed by atoms with Crippen LogP contribution in [0.2, 0.25) is 0 Å². The minimum Gasteiger partial charge on any atom is -0.550 e. The first kappa shape index (κ1) is 26.2. The summed E-state index contributed by atoms with van der Waals surface area (Å²) in [7, 11) is 6.60. The molecule has 0 aliphatic heterocycles. The summed E-state index contributed by atoms with van der Waals surface area (Å²) in [6, 6.07) is 17.0. The molecular formula is C25H36N2O4. The molecule has 0 unspecified atom stereocenters. The predicted octanol–water partition coefficient (Wildman–Crippen LogP) is 3.11. The number of phenolic OH excluding ortho intramolecular Hbond substituents is 1. The molecule has 6 heteroatoms. The minimum atomic E-state index is -1.00. The number of phenols is 1. The van der Waals surface area contributed by atoms with Crippen LogP contribution >= 0.6 is 0 Å². The van der Waals surface area contributed by atoms with E-state index in [0.29, 0.717) is 13.0 Å². The first-order chi connectivity index (χ1) is 14.7. The summed E-state index contributed by atoms with van der Waals surface area (Å²) in [6.45, 7) is 1.65. The highest BCUT2D eigenvalue weighted by molar-refractivity contribution is 5.96. The Labute approximate surface area is 186 Å². The summed E-state index contributed by atoms with van der Waals surface area (Å²) in [4.78, 5) is 21.9. The van der Waals surface area contributed by atoms with Crippen LogP contribution in [0.4, 0.5) is 0 Å². The summed E-state index contributed by atoms with van der Waals surface area (Å²) < 4.78 is 0.990. The predicted molar refractivity (Wildman–Crippen MR) is 121 cm³/mol. The second kappa shape index (κ2) is 14.2. The molecule has 1 amide bonds. The van der Waals surface area contributed by atoms with Gasteiger partial charge in [0.25, 0.3) is 5.91 Å². The number of quaternary nitrogens is 1. The Balaban J connectivity index is 0.000000367. The third-order valence-electron chi connectivity index (χ3n) is 4.49. The summed E-state index contributed by atoms with van der Waals surface area (Å²) >= 11 is 0. The normalized spacial score (nSPS) is 10.7. The Bertz CT molecular complexity index is 786. The molecule has 31 heavy (non-hydrogen) atoms. The molecule has 0 aliphatic carbocycles. The quantitative estimate of drug-likeness (QED) is 0.425. The Morgan fingerprint density at radius 3 is 2.06 bits per heavy atom. The van der Waals surface area contributed by atoms with Gasteiger partial charge in [0.05, 0.1) is 26.7 Å². The van der Waals surface area contributed by atoms with Crippen LogP contribution in [0.5, 0.6) is 5.75 Å². The number of hydrogen-bond donors (Lipinski definition) is 2. The number of benzene rings is 2. The van der Waals surface area contributed by atoms with Crippen LogP contribution in [0.3, 0.4) is 0 Å². The lowest BCUT2D eigenvalue weighted by molar-refractivity contribution is -0.884. The maximum Gasteiger partial charge on any atom is 0.255 e. The van der Waals surface area contributed by atoms with Gasteiger partial charge in [-0.15, -0.1) is 0 Å². The second-order valence-electron chi connectivity index (χ2n) is 8.60. The number of nitrogens with zero attached hydrogens (tertiary/aromatic N) is 1. The van der Waals surface area contributed by atoms with Crippen LogP contribution in [-0.2, 0) is 11.3 Å². The highest BCUT2D eigenvalue weighted by Crippen LogP contribution is 2.15. The van der Waals surface area contributed by atoms with E-state index in [9.17, 15) is 19.8 Å². The van der Waals surface area contributed by atoms with Gasteiger partial charge in [-0.25, -0.2) is 0 Å². The van der Waals surface area contributed by atoms with Gasteiger partial charge in [-0.3, -0.25) is 4.79 Å². The number of carbonyl (C=O) groups is 2. The van der Waals surface area contributed by atoms with Gasteiger partial charge in [-0.2, -0.15) is 0 Å². The lowest BCUT2D eigenvalue weighted by Gasteiger charge is -2.23. The number of aromatic hydroxyl groups is 1. The van der Waals surface area contributed by atoms with Crippen molar-refractivity contribution < 1.29 is 24.3 Å². The molecule has 2 N–H and O–H groups in total. The number of carboxylic acids is 1. The first-order valence-corrected chi connectivity index (χ1v) is 10.8. The van der Waals surface area contributed by atoms with Crippen LogP contribution in [0.25, 0.3) is 0 Å². The van der Waals surface area contributed by atoms with E-state index in [1.807, 2.05) is 0 Å². The molecular weight excluding hydrogens is 392 g/mol. The molecule has 0 saturated carbocycles. The fourth-order valence-electron chi connectivity index (χ4n) is 3.02. The van der Waals surface area contributed by atoms with Crippen molar-refractivity contribution in [2.75, 3.05) is 27.7 Å². The number of hydrogen-bond acceptors (Lipinski definition) is 4. The molecule has 0 bridgehead atoms. The fourth-order valence-corrected chi connectivity index (χ4v) is 3.02. The molecule has 6 nitrogen and oxygen atoms in total. The molecule has 0 spiro atoms.